The zero-order valence-electron chi connectivity index (χ0n) is 6.49. The highest BCUT2D eigenvalue weighted by Crippen LogP contribution is 2.34. The van der Waals surface area contributed by atoms with Crippen LogP contribution in [-0.2, 0) is 0 Å². The molecule has 1 aromatic heterocycles. The highest BCUT2D eigenvalue weighted by Gasteiger charge is 2.15. The summed E-state index contributed by atoms with van der Waals surface area (Å²) in [5.41, 5.74) is 1.10. The molecule has 0 radical (unpaired) electrons. The lowest BCUT2D eigenvalue weighted by molar-refractivity contribution is 0.174. The van der Waals surface area contributed by atoms with Gasteiger partial charge in [-0.15, -0.1) is 0 Å². The van der Waals surface area contributed by atoms with Crippen molar-refractivity contribution >= 4 is 11.1 Å². The van der Waals surface area contributed by atoms with Gasteiger partial charge in [-0.3, -0.25) is 4.98 Å². The van der Waals surface area contributed by atoms with Crippen LogP contribution >= 0.6 is 0 Å². The first-order valence-electron chi connectivity index (χ1n) is 3.75. The van der Waals surface area contributed by atoms with Gasteiger partial charge in [-0.2, -0.15) is 0 Å². The molecule has 2 aromatic rings. The summed E-state index contributed by atoms with van der Waals surface area (Å²) in [6.45, 7) is 0.214. The number of aromatic amines is 1. The van der Waals surface area contributed by atoms with Gasteiger partial charge in [0, 0.05) is 12.1 Å². The first-order chi connectivity index (χ1) is 6.33. The minimum absolute atomic E-state index is 0.214. The van der Waals surface area contributed by atoms with E-state index >= 15 is 0 Å². The number of oxazole rings is 1. The van der Waals surface area contributed by atoms with Crippen LogP contribution in [0.5, 0.6) is 11.5 Å². The second kappa shape index (κ2) is 2.07. The molecule has 5 heteroatoms. The second-order valence-corrected chi connectivity index (χ2v) is 2.72. The van der Waals surface area contributed by atoms with Crippen LogP contribution in [0.25, 0.3) is 11.1 Å². The van der Waals surface area contributed by atoms with E-state index in [1.807, 2.05) is 0 Å². The fourth-order valence-corrected chi connectivity index (χ4v) is 1.34. The molecular weight excluding hydrogens is 174 g/mol. The number of fused-ring (bicyclic) bond motifs is 2. The van der Waals surface area contributed by atoms with Gasteiger partial charge in [-0.05, 0) is 0 Å². The Morgan fingerprint density at radius 1 is 1.23 bits per heavy atom. The molecule has 0 bridgehead atoms. The van der Waals surface area contributed by atoms with Gasteiger partial charge >= 0.3 is 5.76 Å². The Morgan fingerprint density at radius 3 is 2.85 bits per heavy atom. The van der Waals surface area contributed by atoms with Crippen LogP contribution in [0, 0.1) is 0 Å². The third-order valence-corrected chi connectivity index (χ3v) is 1.91. The average molecular weight is 179 g/mol. The van der Waals surface area contributed by atoms with Crippen molar-refractivity contribution in [3.8, 4) is 11.5 Å². The smallest absolute Gasteiger partial charge is 0.417 e. The van der Waals surface area contributed by atoms with Gasteiger partial charge in [0.15, 0.2) is 17.1 Å². The Balaban J connectivity index is 2.41. The van der Waals surface area contributed by atoms with Crippen molar-refractivity contribution in [3.05, 3.63) is 22.7 Å². The van der Waals surface area contributed by atoms with Crippen LogP contribution in [0.2, 0.25) is 0 Å². The summed E-state index contributed by atoms with van der Waals surface area (Å²) in [4.78, 5) is 13.3. The molecular formula is C8H5NO4. The van der Waals surface area contributed by atoms with Crippen LogP contribution in [0.3, 0.4) is 0 Å². The predicted octanol–water partition coefficient (Wildman–Crippen LogP) is 0.850. The largest absolute Gasteiger partial charge is 0.454 e. The van der Waals surface area contributed by atoms with Crippen molar-refractivity contribution in [2.75, 3.05) is 6.79 Å². The Morgan fingerprint density at radius 2 is 2.00 bits per heavy atom. The van der Waals surface area contributed by atoms with E-state index in [1.165, 1.54) is 0 Å². The lowest BCUT2D eigenvalue weighted by Crippen LogP contribution is -1.94. The number of hydrogen-bond donors (Lipinski definition) is 1. The number of hydrogen-bond acceptors (Lipinski definition) is 4. The van der Waals surface area contributed by atoms with Crippen molar-refractivity contribution < 1.29 is 13.9 Å². The molecule has 13 heavy (non-hydrogen) atoms. The quantitative estimate of drug-likeness (QED) is 0.651. The molecule has 0 fully saturated rings. The summed E-state index contributed by atoms with van der Waals surface area (Å²) in [7, 11) is 0. The molecule has 1 aromatic carbocycles. The van der Waals surface area contributed by atoms with E-state index in [0.717, 1.165) is 0 Å². The number of ether oxygens (including phenoxy) is 2. The maximum absolute atomic E-state index is 10.8. The predicted molar refractivity (Wildman–Crippen MR) is 43.0 cm³/mol. The highest BCUT2D eigenvalue weighted by atomic mass is 16.7. The summed E-state index contributed by atoms with van der Waals surface area (Å²) >= 11 is 0. The third kappa shape index (κ3) is 0.837. The van der Waals surface area contributed by atoms with Crippen LogP contribution in [0.15, 0.2) is 21.3 Å². The molecule has 0 unspecified atom stereocenters. The molecule has 3 rings (SSSR count). The first-order valence-corrected chi connectivity index (χ1v) is 3.75. The minimum Gasteiger partial charge on any atom is -0.454 e. The summed E-state index contributed by atoms with van der Waals surface area (Å²) in [5.74, 6) is 0.762. The van der Waals surface area contributed by atoms with Gasteiger partial charge in [0.05, 0.1) is 5.52 Å². The zero-order valence-corrected chi connectivity index (χ0v) is 6.49. The summed E-state index contributed by atoms with van der Waals surface area (Å²) in [6, 6.07) is 3.32. The summed E-state index contributed by atoms with van der Waals surface area (Å²) < 4.78 is 15.1. The Bertz CT molecular complexity index is 480. The lowest BCUT2D eigenvalue weighted by atomic mass is 10.3. The highest BCUT2D eigenvalue weighted by molar-refractivity contribution is 5.77. The van der Waals surface area contributed by atoms with Crippen molar-refractivity contribution in [2.24, 2.45) is 0 Å². The number of H-pyrrole nitrogens is 1. The van der Waals surface area contributed by atoms with E-state index in [-0.39, 0.29) is 6.79 Å². The van der Waals surface area contributed by atoms with Gasteiger partial charge in [-0.25, -0.2) is 4.79 Å². The molecule has 1 N–H and O–H groups in total. The third-order valence-electron chi connectivity index (χ3n) is 1.91. The van der Waals surface area contributed by atoms with E-state index in [4.69, 9.17) is 13.9 Å². The van der Waals surface area contributed by atoms with Gasteiger partial charge in [0.1, 0.15) is 0 Å². The van der Waals surface area contributed by atoms with Gasteiger partial charge < -0.3 is 13.9 Å². The number of nitrogens with one attached hydrogen (secondary N) is 1. The molecule has 2 heterocycles. The SMILES string of the molecule is O=c1[nH]c2cc3c(cc2o1)OCO3. The van der Waals surface area contributed by atoms with E-state index in [9.17, 15) is 4.79 Å². The van der Waals surface area contributed by atoms with E-state index < -0.39 is 5.76 Å². The normalized spacial score (nSPS) is 13.8. The molecule has 0 aliphatic carbocycles. The molecule has 0 saturated carbocycles. The van der Waals surface area contributed by atoms with Gasteiger partial charge in [-0.1, -0.05) is 0 Å². The molecule has 0 amide bonds. The van der Waals surface area contributed by atoms with Crippen molar-refractivity contribution in [1.82, 2.24) is 4.98 Å². The fourth-order valence-electron chi connectivity index (χ4n) is 1.34. The van der Waals surface area contributed by atoms with E-state index in [0.29, 0.717) is 22.6 Å². The summed E-state index contributed by atoms with van der Waals surface area (Å²) in [6.07, 6.45) is 0. The minimum atomic E-state index is -0.473. The molecule has 1 aliphatic heterocycles. The lowest BCUT2D eigenvalue weighted by Gasteiger charge is -1.92. The van der Waals surface area contributed by atoms with Crippen LogP contribution in [-0.4, -0.2) is 11.8 Å². The van der Waals surface area contributed by atoms with Crippen LogP contribution < -0.4 is 15.2 Å². The standard InChI is InChI=1S/C8H5NO4/c10-8-9-4-1-6-7(12-3-11-6)2-5(4)13-8/h1-2H,3H2,(H,9,10). The monoisotopic (exact) mass is 179 g/mol. The van der Waals surface area contributed by atoms with Crippen molar-refractivity contribution in [1.29, 1.82) is 0 Å². The maximum atomic E-state index is 10.8. The Hall–Kier alpha value is -1.91. The molecule has 0 atom stereocenters. The number of aromatic nitrogens is 1. The van der Waals surface area contributed by atoms with E-state index in [1.54, 1.807) is 12.1 Å². The Kier molecular flexibility index (Phi) is 1.05. The second-order valence-electron chi connectivity index (χ2n) is 2.72. The molecule has 5 nitrogen and oxygen atoms in total. The van der Waals surface area contributed by atoms with Crippen molar-refractivity contribution in [3.63, 3.8) is 0 Å². The number of benzene rings is 1. The van der Waals surface area contributed by atoms with Gasteiger partial charge in [0.25, 0.3) is 0 Å². The molecule has 0 spiro atoms. The van der Waals surface area contributed by atoms with E-state index in [2.05, 4.69) is 4.98 Å². The average Bonchev–Trinajstić information content (AvgIpc) is 2.63. The fraction of sp³-hybridized carbons (Fsp3) is 0.125. The van der Waals surface area contributed by atoms with Crippen LogP contribution in [0.1, 0.15) is 0 Å². The van der Waals surface area contributed by atoms with Crippen molar-refractivity contribution in [2.45, 2.75) is 0 Å². The number of rotatable bonds is 0. The Labute approximate surface area is 71.9 Å². The van der Waals surface area contributed by atoms with Gasteiger partial charge in [0.2, 0.25) is 6.79 Å². The maximum Gasteiger partial charge on any atom is 0.417 e. The van der Waals surface area contributed by atoms with Crippen LogP contribution in [0.4, 0.5) is 0 Å². The topological polar surface area (TPSA) is 64.5 Å². The molecule has 66 valence electrons. The summed E-state index contributed by atoms with van der Waals surface area (Å²) in [5, 5.41) is 0. The first kappa shape index (κ1) is 6.59. The molecule has 0 saturated heterocycles. The molecule has 1 aliphatic rings. The zero-order chi connectivity index (χ0) is 8.84.